The number of benzene rings is 1. The van der Waals surface area contributed by atoms with Crippen molar-refractivity contribution in [2.75, 3.05) is 26.8 Å². The van der Waals surface area contributed by atoms with Crippen LogP contribution in [0.4, 0.5) is 0 Å². The van der Waals surface area contributed by atoms with Crippen LogP contribution in [-0.2, 0) is 4.74 Å². The molecule has 4 nitrogen and oxygen atoms in total. The highest BCUT2D eigenvalue weighted by Crippen LogP contribution is 2.32. The van der Waals surface area contributed by atoms with Crippen molar-refractivity contribution >= 4 is 0 Å². The fourth-order valence-electron chi connectivity index (χ4n) is 2.81. The highest BCUT2D eigenvalue weighted by molar-refractivity contribution is 5.41. The molecule has 1 aromatic carbocycles. The predicted molar refractivity (Wildman–Crippen MR) is 79.3 cm³/mol. The van der Waals surface area contributed by atoms with Gasteiger partial charge in [-0.3, -0.25) is 4.90 Å². The maximum absolute atomic E-state index is 10.2. The molecule has 1 fully saturated rings. The van der Waals surface area contributed by atoms with Crippen molar-refractivity contribution in [1.82, 2.24) is 4.90 Å². The monoisotopic (exact) mass is 279 g/mol. The molecule has 4 heteroatoms. The summed E-state index contributed by atoms with van der Waals surface area (Å²) in [5.74, 6) is 0.975. The van der Waals surface area contributed by atoms with Crippen LogP contribution in [0, 0.1) is 0 Å². The molecular weight excluding hydrogens is 254 g/mol. The minimum Gasteiger partial charge on any atom is -0.507 e. The summed E-state index contributed by atoms with van der Waals surface area (Å²) in [6.45, 7) is 7.01. The number of nitrogens with zero attached hydrogens (tertiary/aromatic N) is 1. The molecule has 1 saturated heterocycles. The van der Waals surface area contributed by atoms with Gasteiger partial charge in [0.2, 0.25) is 0 Å². The van der Waals surface area contributed by atoms with Gasteiger partial charge in [-0.1, -0.05) is 13.0 Å². The maximum atomic E-state index is 10.2. The molecule has 1 aliphatic heterocycles. The smallest absolute Gasteiger partial charge is 0.124 e. The Kier molecular flexibility index (Phi) is 5.26. The third kappa shape index (κ3) is 3.44. The lowest BCUT2D eigenvalue weighted by molar-refractivity contribution is 0.0614. The second kappa shape index (κ2) is 6.95. The van der Waals surface area contributed by atoms with Crippen molar-refractivity contribution in [3.63, 3.8) is 0 Å². The van der Waals surface area contributed by atoms with Crippen LogP contribution >= 0.6 is 0 Å². The van der Waals surface area contributed by atoms with Gasteiger partial charge in [-0.25, -0.2) is 0 Å². The first-order valence-corrected chi connectivity index (χ1v) is 7.38. The zero-order valence-corrected chi connectivity index (χ0v) is 12.6. The first-order valence-electron chi connectivity index (χ1n) is 7.38. The van der Waals surface area contributed by atoms with E-state index in [0.717, 1.165) is 38.1 Å². The summed E-state index contributed by atoms with van der Waals surface area (Å²) >= 11 is 0. The van der Waals surface area contributed by atoms with Crippen molar-refractivity contribution in [3.8, 4) is 11.5 Å². The van der Waals surface area contributed by atoms with E-state index in [-0.39, 0.29) is 6.04 Å². The van der Waals surface area contributed by atoms with Crippen LogP contribution in [0.15, 0.2) is 18.2 Å². The molecule has 2 unspecified atom stereocenters. The molecule has 1 aliphatic rings. The van der Waals surface area contributed by atoms with Crippen molar-refractivity contribution in [1.29, 1.82) is 0 Å². The number of likely N-dealkylation sites (N-methyl/N-ethyl adjacent to an activating group) is 1. The third-order valence-electron chi connectivity index (χ3n) is 4.10. The van der Waals surface area contributed by atoms with Gasteiger partial charge >= 0.3 is 0 Å². The summed E-state index contributed by atoms with van der Waals surface area (Å²) in [6.07, 6.45) is 2.63. The Balaban J connectivity index is 2.08. The molecule has 1 heterocycles. The quantitative estimate of drug-likeness (QED) is 0.869. The first-order chi connectivity index (χ1) is 9.65. The molecule has 112 valence electrons. The van der Waals surface area contributed by atoms with Crippen molar-refractivity contribution in [2.45, 2.75) is 38.8 Å². The van der Waals surface area contributed by atoms with Gasteiger partial charge in [0.1, 0.15) is 11.5 Å². The van der Waals surface area contributed by atoms with Crippen LogP contribution in [0.3, 0.4) is 0 Å². The number of aromatic hydroxyl groups is 1. The van der Waals surface area contributed by atoms with Crippen LogP contribution < -0.4 is 4.74 Å². The Hall–Kier alpha value is -1.26. The summed E-state index contributed by atoms with van der Waals surface area (Å²) < 4.78 is 10.8. The molecule has 1 aromatic rings. The van der Waals surface area contributed by atoms with Gasteiger partial charge in [0.25, 0.3) is 0 Å². The third-order valence-corrected chi connectivity index (χ3v) is 4.10. The van der Waals surface area contributed by atoms with Gasteiger partial charge in [0, 0.05) is 30.8 Å². The lowest BCUT2D eigenvalue weighted by Gasteiger charge is -2.30. The highest BCUT2D eigenvalue weighted by atomic mass is 16.5. The lowest BCUT2D eigenvalue weighted by Crippen LogP contribution is -2.34. The topological polar surface area (TPSA) is 41.9 Å². The molecule has 1 N–H and O–H groups in total. The van der Waals surface area contributed by atoms with E-state index in [0.29, 0.717) is 17.6 Å². The summed E-state index contributed by atoms with van der Waals surface area (Å²) in [4.78, 5) is 2.34. The minimum absolute atomic E-state index is 0.162. The normalized spacial score (nSPS) is 20.3. The number of rotatable bonds is 6. The molecule has 2 atom stereocenters. The summed E-state index contributed by atoms with van der Waals surface area (Å²) in [6, 6.07) is 5.67. The summed E-state index contributed by atoms with van der Waals surface area (Å²) in [5, 5.41) is 10.2. The van der Waals surface area contributed by atoms with Gasteiger partial charge in [-0.05, 0) is 32.4 Å². The number of phenolic OH excluding ortho intramolecular Hbond substituents is 1. The van der Waals surface area contributed by atoms with Crippen LogP contribution in [0.5, 0.6) is 11.5 Å². The molecular formula is C16H25NO3. The van der Waals surface area contributed by atoms with Gasteiger partial charge in [0.05, 0.1) is 13.2 Å². The van der Waals surface area contributed by atoms with Crippen LogP contribution in [0.2, 0.25) is 0 Å². The first kappa shape index (κ1) is 15.1. The molecule has 0 amide bonds. The zero-order chi connectivity index (χ0) is 14.5. The summed E-state index contributed by atoms with van der Waals surface area (Å²) in [5.41, 5.74) is 0.936. The van der Waals surface area contributed by atoms with Crippen LogP contribution in [0.1, 0.15) is 38.3 Å². The van der Waals surface area contributed by atoms with E-state index in [9.17, 15) is 5.11 Å². The molecule has 0 bridgehead atoms. The van der Waals surface area contributed by atoms with Crippen molar-refractivity contribution in [2.24, 2.45) is 0 Å². The van der Waals surface area contributed by atoms with E-state index in [1.807, 2.05) is 12.1 Å². The standard InChI is InChI=1S/C16H25NO3/c1-4-17(11-14-6-5-9-20-14)12(2)15-8-7-13(19-3)10-16(15)18/h7-8,10,12,14,18H,4-6,9,11H2,1-3H3. The van der Waals surface area contributed by atoms with Gasteiger partial charge < -0.3 is 14.6 Å². The predicted octanol–water partition coefficient (Wildman–Crippen LogP) is 2.96. The fraction of sp³-hybridized carbons (Fsp3) is 0.625. The number of hydrogen-bond donors (Lipinski definition) is 1. The zero-order valence-electron chi connectivity index (χ0n) is 12.6. The Labute approximate surface area is 121 Å². The second-order valence-corrected chi connectivity index (χ2v) is 5.32. The van der Waals surface area contributed by atoms with Crippen molar-refractivity contribution in [3.05, 3.63) is 23.8 Å². The minimum atomic E-state index is 0.162. The van der Waals surface area contributed by atoms with Gasteiger partial charge in [-0.2, -0.15) is 0 Å². The number of ether oxygens (including phenoxy) is 2. The van der Waals surface area contributed by atoms with Crippen molar-refractivity contribution < 1.29 is 14.6 Å². The Morgan fingerprint density at radius 2 is 2.30 bits per heavy atom. The molecule has 0 radical (unpaired) electrons. The fourth-order valence-corrected chi connectivity index (χ4v) is 2.81. The molecule has 20 heavy (non-hydrogen) atoms. The SMILES string of the molecule is CCN(CC1CCCO1)C(C)c1ccc(OC)cc1O. The Morgan fingerprint density at radius 1 is 1.50 bits per heavy atom. The maximum Gasteiger partial charge on any atom is 0.124 e. The van der Waals surface area contributed by atoms with E-state index in [2.05, 4.69) is 18.7 Å². The summed E-state index contributed by atoms with van der Waals surface area (Å²) in [7, 11) is 1.60. The molecule has 0 aliphatic carbocycles. The lowest BCUT2D eigenvalue weighted by atomic mass is 10.0. The van der Waals surface area contributed by atoms with Gasteiger partial charge in [-0.15, -0.1) is 0 Å². The average Bonchev–Trinajstić information content (AvgIpc) is 2.96. The van der Waals surface area contributed by atoms with E-state index >= 15 is 0 Å². The number of methoxy groups -OCH3 is 1. The molecule has 0 aromatic heterocycles. The Morgan fingerprint density at radius 3 is 2.85 bits per heavy atom. The van der Waals surface area contributed by atoms with E-state index in [1.54, 1.807) is 13.2 Å². The van der Waals surface area contributed by atoms with E-state index in [1.165, 1.54) is 0 Å². The van der Waals surface area contributed by atoms with E-state index < -0.39 is 0 Å². The largest absolute Gasteiger partial charge is 0.507 e. The molecule has 2 rings (SSSR count). The second-order valence-electron chi connectivity index (χ2n) is 5.32. The van der Waals surface area contributed by atoms with Crippen LogP contribution in [-0.4, -0.2) is 42.9 Å². The van der Waals surface area contributed by atoms with Crippen LogP contribution in [0.25, 0.3) is 0 Å². The molecule has 0 spiro atoms. The number of hydrogen-bond acceptors (Lipinski definition) is 4. The average molecular weight is 279 g/mol. The number of phenols is 1. The Bertz CT molecular complexity index is 430. The van der Waals surface area contributed by atoms with Gasteiger partial charge in [0.15, 0.2) is 0 Å². The van der Waals surface area contributed by atoms with E-state index in [4.69, 9.17) is 9.47 Å². The molecule has 0 saturated carbocycles. The highest BCUT2D eigenvalue weighted by Gasteiger charge is 2.23.